The number of carbonyl (C=O) groups excluding carboxylic acids is 3. The highest BCUT2D eigenvalue weighted by Crippen LogP contribution is 2.09. The fourth-order valence-electron chi connectivity index (χ4n) is 2.01. The number of carbonyl (C=O) groups is 3. The summed E-state index contributed by atoms with van der Waals surface area (Å²) in [5.74, 6) is -0.601. The maximum absolute atomic E-state index is 12.5. The molecular formula is C19H29N3O5. The van der Waals surface area contributed by atoms with E-state index >= 15 is 0 Å². The highest BCUT2D eigenvalue weighted by Gasteiger charge is 2.25. The Balaban J connectivity index is 2.75. The van der Waals surface area contributed by atoms with Gasteiger partial charge in [0.2, 0.25) is 0 Å². The van der Waals surface area contributed by atoms with Gasteiger partial charge in [-0.2, -0.15) is 0 Å². The van der Waals surface area contributed by atoms with Crippen molar-refractivity contribution in [1.82, 2.24) is 16.2 Å². The van der Waals surface area contributed by atoms with Crippen molar-refractivity contribution >= 4 is 18.1 Å². The summed E-state index contributed by atoms with van der Waals surface area (Å²) in [6, 6.07) is 8.23. The molecule has 0 aliphatic heterocycles. The van der Waals surface area contributed by atoms with Crippen molar-refractivity contribution in [2.75, 3.05) is 0 Å². The van der Waals surface area contributed by atoms with Crippen molar-refractivity contribution < 1.29 is 23.9 Å². The van der Waals surface area contributed by atoms with Crippen molar-refractivity contribution in [3.8, 4) is 0 Å². The third-order valence-corrected chi connectivity index (χ3v) is 2.98. The van der Waals surface area contributed by atoms with Crippen LogP contribution in [0.2, 0.25) is 0 Å². The number of alkyl carbamates (subject to hydrolysis) is 1. The van der Waals surface area contributed by atoms with E-state index in [2.05, 4.69) is 16.2 Å². The number of amides is 3. The number of ether oxygens (including phenoxy) is 2. The molecule has 1 aromatic carbocycles. The summed E-state index contributed by atoms with van der Waals surface area (Å²) in [6.45, 7) is 10.3. The molecule has 0 radical (unpaired) electrons. The van der Waals surface area contributed by atoms with E-state index in [-0.39, 0.29) is 6.42 Å². The second-order valence-corrected chi connectivity index (χ2v) is 8.00. The predicted octanol–water partition coefficient (Wildman–Crippen LogP) is 2.68. The zero-order valence-corrected chi connectivity index (χ0v) is 16.7. The van der Waals surface area contributed by atoms with Gasteiger partial charge < -0.3 is 14.8 Å². The van der Waals surface area contributed by atoms with Crippen LogP contribution in [0.15, 0.2) is 30.3 Å². The van der Waals surface area contributed by atoms with Crippen LogP contribution in [0.5, 0.6) is 0 Å². The van der Waals surface area contributed by atoms with E-state index in [1.807, 2.05) is 30.3 Å². The molecule has 0 saturated heterocycles. The molecule has 3 N–H and O–H groups in total. The first-order chi connectivity index (χ1) is 12.4. The summed E-state index contributed by atoms with van der Waals surface area (Å²) in [5.41, 5.74) is 3.87. The van der Waals surface area contributed by atoms with E-state index in [0.717, 1.165) is 5.56 Å². The third-order valence-electron chi connectivity index (χ3n) is 2.98. The van der Waals surface area contributed by atoms with Crippen molar-refractivity contribution in [2.24, 2.45) is 0 Å². The third kappa shape index (κ3) is 10.1. The molecule has 1 rings (SSSR count). The summed E-state index contributed by atoms with van der Waals surface area (Å²) in [6.07, 6.45) is -1.30. The van der Waals surface area contributed by atoms with Crippen LogP contribution in [-0.4, -0.2) is 35.3 Å². The number of hydrazine groups is 1. The van der Waals surface area contributed by atoms with Crippen LogP contribution < -0.4 is 16.2 Å². The lowest BCUT2D eigenvalue weighted by atomic mass is 10.1. The van der Waals surface area contributed by atoms with Gasteiger partial charge in [0.15, 0.2) is 0 Å². The summed E-state index contributed by atoms with van der Waals surface area (Å²) in [5, 5.41) is 2.53. The van der Waals surface area contributed by atoms with E-state index in [1.54, 1.807) is 41.5 Å². The molecule has 0 fully saturated rings. The minimum atomic E-state index is -0.947. The summed E-state index contributed by atoms with van der Waals surface area (Å²) < 4.78 is 10.3. The van der Waals surface area contributed by atoms with Gasteiger partial charge in [0, 0.05) is 6.42 Å². The molecule has 0 aliphatic rings. The molecule has 8 nitrogen and oxygen atoms in total. The maximum Gasteiger partial charge on any atom is 0.426 e. The summed E-state index contributed by atoms with van der Waals surface area (Å²) in [4.78, 5) is 36.2. The van der Waals surface area contributed by atoms with Crippen molar-refractivity contribution in [2.45, 2.75) is 65.2 Å². The standard InChI is InChI=1S/C19H29N3O5/c1-18(2,3)26-16(24)20-14(12-13-10-8-7-9-11-13)15(23)21-22-17(25)27-19(4,5)6/h7-11,14H,12H2,1-6H3,(H,20,24)(H,21,23)(H,22,25). The van der Waals surface area contributed by atoms with E-state index in [1.165, 1.54) is 0 Å². The van der Waals surface area contributed by atoms with Crippen LogP contribution in [0, 0.1) is 0 Å². The predicted molar refractivity (Wildman–Crippen MR) is 101 cm³/mol. The number of hydrogen-bond acceptors (Lipinski definition) is 5. The minimum Gasteiger partial charge on any atom is -0.444 e. The van der Waals surface area contributed by atoms with Crippen LogP contribution in [0.1, 0.15) is 47.1 Å². The summed E-state index contributed by atoms with van der Waals surface area (Å²) in [7, 11) is 0. The molecular weight excluding hydrogens is 350 g/mol. The fourth-order valence-corrected chi connectivity index (χ4v) is 2.01. The van der Waals surface area contributed by atoms with Crippen LogP contribution in [0.3, 0.4) is 0 Å². The monoisotopic (exact) mass is 379 g/mol. The van der Waals surface area contributed by atoms with Gasteiger partial charge >= 0.3 is 12.2 Å². The van der Waals surface area contributed by atoms with Gasteiger partial charge in [0.05, 0.1) is 0 Å². The molecule has 1 aromatic rings. The molecule has 1 atom stereocenters. The number of nitrogens with one attached hydrogen (secondary N) is 3. The molecule has 0 aliphatic carbocycles. The molecule has 0 aromatic heterocycles. The largest absolute Gasteiger partial charge is 0.444 e. The zero-order chi connectivity index (χ0) is 20.7. The number of benzene rings is 1. The van der Waals surface area contributed by atoms with Crippen LogP contribution in [0.25, 0.3) is 0 Å². The van der Waals surface area contributed by atoms with Gasteiger partial charge in [0.25, 0.3) is 5.91 Å². The molecule has 3 amide bonds. The van der Waals surface area contributed by atoms with E-state index in [4.69, 9.17) is 9.47 Å². The van der Waals surface area contributed by atoms with Gasteiger partial charge in [0.1, 0.15) is 17.2 Å². The van der Waals surface area contributed by atoms with Gasteiger partial charge in [-0.25, -0.2) is 15.0 Å². The Morgan fingerprint density at radius 3 is 1.89 bits per heavy atom. The van der Waals surface area contributed by atoms with E-state index in [0.29, 0.717) is 0 Å². The van der Waals surface area contributed by atoms with Gasteiger partial charge in [-0.15, -0.1) is 0 Å². The first kappa shape index (κ1) is 22.3. The van der Waals surface area contributed by atoms with E-state index in [9.17, 15) is 14.4 Å². The Bertz CT molecular complexity index is 648. The Kier molecular flexibility index (Phi) is 7.63. The fraction of sp³-hybridized carbons (Fsp3) is 0.526. The Morgan fingerprint density at radius 1 is 0.852 bits per heavy atom. The van der Waals surface area contributed by atoms with Crippen molar-refractivity contribution in [3.05, 3.63) is 35.9 Å². The second kappa shape index (κ2) is 9.25. The minimum absolute atomic E-state index is 0.224. The zero-order valence-electron chi connectivity index (χ0n) is 16.7. The molecule has 0 heterocycles. The molecule has 0 saturated carbocycles. The second-order valence-electron chi connectivity index (χ2n) is 8.00. The van der Waals surface area contributed by atoms with Gasteiger partial charge in [-0.05, 0) is 47.1 Å². The summed E-state index contributed by atoms with van der Waals surface area (Å²) >= 11 is 0. The van der Waals surface area contributed by atoms with Gasteiger partial charge in [-0.1, -0.05) is 30.3 Å². The number of rotatable bonds is 4. The average Bonchev–Trinajstić information content (AvgIpc) is 2.49. The average molecular weight is 379 g/mol. The van der Waals surface area contributed by atoms with Gasteiger partial charge in [-0.3, -0.25) is 10.2 Å². The Labute approximate surface area is 160 Å². The topological polar surface area (TPSA) is 106 Å². The smallest absolute Gasteiger partial charge is 0.426 e. The van der Waals surface area contributed by atoms with Crippen LogP contribution in [0.4, 0.5) is 9.59 Å². The molecule has 0 spiro atoms. The number of hydrogen-bond donors (Lipinski definition) is 3. The first-order valence-electron chi connectivity index (χ1n) is 8.68. The highest BCUT2D eigenvalue weighted by atomic mass is 16.6. The maximum atomic E-state index is 12.5. The molecule has 8 heteroatoms. The lowest BCUT2D eigenvalue weighted by Gasteiger charge is -2.24. The quantitative estimate of drug-likeness (QED) is 0.698. The normalized spacial score (nSPS) is 12.5. The Hall–Kier alpha value is -2.77. The lowest BCUT2D eigenvalue weighted by Crippen LogP contribution is -2.54. The first-order valence-corrected chi connectivity index (χ1v) is 8.68. The molecule has 1 unspecified atom stereocenters. The lowest BCUT2D eigenvalue weighted by molar-refractivity contribution is -0.124. The van der Waals surface area contributed by atoms with Crippen LogP contribution >= 0.6 is 0 Å². The Morgan fingerprint density at radius 2 is 1.37 bits per heavy atom. The molecule has 150 valence electrons. The SMILES string of the molecule is CC(C)(C)OC(=O)NNC(=O)C(Cc1ccccc1)NC(=O)OC(C)(C)C. The van der Waals surface area contributed by atoms with Crippen molar-refractivity contribution in [3.63, 3.8) is 0 Å². The van der Waals surface area contributed by atoms with E-state index < -0.39 is 35.3 Å². The van der Waals surface area contributed by atoms with Crippen LogP contribution in [-0.2, 0) is 20.7 Å². The highest BCUT2D eigenvalue weighted by molar-refractivity contribution is 5.87. The van der Waals surface area contributed by atoms with Crippen molar-refractivity contribution in [1.29, 1.82) is 0 Å². The molecule has 0 bridgehead atoms. The molecule has 27 heavy (non-hydrogen) atoms.